The highest BCUT2D eigenvalue weighted by Crippen LogP contribution is 2.12. The first-order valence-electron chi connectivity index (χ1n) is 5.13. The normalized spacial score (nSPS) is 21.3. The maximum absolute atomic E-state index is 11.8. The van der Waals surface area contributed by atoms with Crippen LogP contribution in [0, 0.1) is 0 Å². The molecule has 1 atom stereocenters. The predicted octanol–water partition coefficient (Wildman–Crippen LogP) is 0.469. The van der Waals surface area contributed by atoms with E-state index in [9.17, 15) is 22.8 Å². The van der Waals surface area contributed by atoms with Crippen molar-refractivity contribution >= 4 is 11.9 Å². The van der Waals surface area contributed by atoms with Crippen molar-refractivity contribution < 1.29 is 22.8 Å². The van der Waals surface area contributed by atoms with E-state index in [4.69, 9.17) is 0 Å². The number of nitrogens with one attached hydrogen (secondary N) is 2. The number of likely N-dealkylation sites (N-methyl/N-ethyl adjacent to an activating group) is 1. The number of hydrogen-bond donors (Lipinski definition) is 2. The van der Waals surface area contributed by atoms with Gasteiger partial charge < -0.3 is 15.5 Å². The van der Waals surface area contributed by atoms with Crippen LogP contribution in [0.5, 0.6) is 0 Å². The number of carbonyl (C=O) groups is 2. The third-order valence-electron chi connectivity index (χ3n) is 2.41. The zero-order valence-electron chi connectivity index (χ0n) is 9.30. The lowest BCUT2D eigenvalue weighted by molar-refractivity contribution is -0.132. The fourth-order valence-corrected chi connectivity index (χ4v) is 1.55. The van der Waals surface area contributed by atoms with E-state index in [1.807, 2.05) is 0 Å². The first kappa shape index (κ1) is 13.6. The fourth-order valence-electron chi connectivity index (χ4n) is 1.55. The largest absolute Gasteiger partial charge is 0.405 e. The molecule has 3 amide bonds. The molecule has 1 unspecified atom stereocenters. The van der Waals surface area contributed by atoms with E-state index in [0.717, 1.165) is 0 Å². The van der Waals surface area contributed by atoms with Gasteiger partial charge in [0.2, 0.25) is 5.91 Å². The minimum atomic E-state index is -4.42. The average Bonchev–Trinajstić information content (AvgIpc) is 2.20. The third kappa shape index (κ3) is 4.92. The zero-order valence-corrected chi connectivity index (χ0v) is 9.30. The van der Waals surface area contributed by atoms with Gasteiger partial charge in [0.25, 0.3) is 0 Å². The van der Waals surface area contributed by atoms with Crippen LogP contribution in [-0.2, 0) is 4.79 Å². The molecule has 17 heavy (non-hydrogen) atoms. The van der Waals surface area contributed by atoms with Crippen molar-refractivity contribution in [1.29, 1.82) is 0 Å². The summed E-state index contributed by atoms with van der Waals surface area (Å²) in [6.07, 6.45) is -3.68. The van der Waals surface area contributed by atoms with Gasteiger partial charge in [-0.1, -0.05) is 0 Å². The molecular weight excluding hydrogens is 239 g/mol. The molecule has 0 saturated carbocycles. The number of carbonyl (C=O) groups excluding carboxylic acids is 2. The summed E-state index contributed by atoms with van der Waals surface area (Å²) in [5.41, 5.74) is 0. The van der Waals surface area contributed by atoms with Crippen molar-refractivity contribution in [2.75, 3.05) is 20.1 Å². The number of nitrogens with zero attached hydrogens (tertiary/aromatic N) is 1. The molecule has 0 aliphatic carbocycles. The Labute approximate surface area is 96.3 Å². The zero-order chi connectivity index (χ0) is 13.1. The van der Waals surface area contributed by atoms with Gasteiger partial charge in [-0.15, -0.1) is 0 Å². The Morgan fingerprint density at radius 3 is 2.71 bits per heavy atom. The van der Waals surface area contributed by atoms with Crippen molar-refractivity contribution in [3.63, 3.8) is 0 Å². The van der Waals surface area contributed by atoms with Gasteiger partial charge >= 0.3 is 12.2 Å². The molecule has 0 bridgehead atoms. The Hall–Kier alpha value is -1.47. The number of rotatable bonds is 2. The number of piperidine rings is 1. The Balaban J connectivity index is 2.30. The van der Waals surface area contributed by atoms with Gasteiger partial charge in [0.1, 0.15) is 6.54 Å². The highest BCUT2D eigenvalue weighted by atomic mass is 19.4. The van der Waals surface area contributed by atoms with Crippen LogP contribution < -0.4 is 10.6 Å². The molecule has 0 aromatic heterocycles. The molecule has 0 spiro atoms. The summed E-state index contributed by atoms with van der Waals surface area (Å²) in [7, 11) is 1.59. The molecule has 1 heterocycles. The van der Waals surface area contributed by atoms with Gasteiger partial charge in [0.15, 0.2) is 0 Å². The molecule has 1 aliphatic heterocycles. The highest BCUT2D eigenvalue weighted by molar-refractivity contribution is 5.78. The molecule has 5 nitrogen and oxygen atoms in total. The van der Waals surface area contributed by atoms with Crippen LogP contribution in [0.2, 0.25) is 0 Å². The van der Waals surface area contributed by atoms with Gasteiger partial charge in [0, 0.05) is 26.1 Å². The van der Waals surface area contributed by atoms with Crippen molar-refractivity contribution in [3.05, 3.63) is 0 Å². The van der Waals surface area contributed by atoms with Gasteiger partial charge in [-0.25, -0.2) is 4.79 Å². The average molecular weight is 253 g/mol. The molecular formula is C9H14F3N3O2. The summed E-state index contributed by atoms with van der Waals surface area (Å²) in [6.45, 7) is -1.04. The summed E-state index contributed by atoms with van der Waals surface area (Å²) in [5.74, 6) is -0.0289. The monoisotopic (exact) mass is 253 g/mol. The molecule has 0 aromatic rings. The van der Waals surface area contributed by atoms with E-state index >= 15 is 0 Å². The SMILES string of the molecule is CN1CC(NC(=O)NCC(F)(F)F)CCC1=O. The Kier molecular flexibility index (Phi) is 4.19. The van der Waals surface area contributed by atoms with E-state index in [-0.39, 0.29) is 11.9 Å². The van der Waals surface area contributed by atoms with E-state index in [1.54, 1.807) is 12.4 Å². The lowest BCUT2D eigenvalue weighted by atomic mass is 10.1. The van der Waals surface area contributed by atoms with Crippen molar-refractivity contribution in [2.24, 2.45) is 0 Å². The Morgan fingerprint density at radius 2 is 2.18 bits per heavy atom. The molecule has 2 N–H and O–H groups in total. The highest BCUT2D eigenvalue weighted by Gasteiger charge is 2.29. The topological polar surface area (TPSA) is 61.4 Å². The summed E-state index contributed by atoms with van der Waals surface area (Å²) in [5, 5.41) is 4.12. The second-order valence-corrected chi connectivity index (χ2v) is 3.95. The number of likely N-dealkylation sites (tertiary alicyclic amines) is 1. The van der Waals surface area contributed by atoms with Crippen LogP contribution in [0.1, 0.15) is 12.8 Å². The molecule has 1 rings (SSSR count). The van der Waals surface area contributed by atoms with Crippen molar-refractivity contribution in [3.8, 4) is 0 Å². The summed E-state index contributed by atoms with van der Waals surface area (Å²) >= 11 is 0. The van der Waals surface area contributed by atoms with Crippen molar-refractivity contribution in [1.82, 2.24) is 15.5 Å². The van der Waals surface area contributed by atoms with E-state index < -0.39 is 18.8 Å². The van der Waals surface area contributed by atoms with Crippen molar-refractivity contribution in [2.45, 2.75) is 25.1 Å². The minimum Gasteiger partial charge on any atom is -0.344 e. The van der Waals surface area contributed by atoms with Gasteiger partial charge in [-0.2, -0.15) is 13.2 Å². The second kappa shape index (κ2) is 5.24. The van der Waals surface area contributed by atoms with E-state index in [0.29, 0.717) is 19.4 Å². The van der Waals surface area contributed by atoms with Crippen LogP contribution in [0.3, 0.4) is 0 Å². The standard InChI is InChI=1S/C9H14F3N3O2/c1-15-4-6(2-3-7(15)16)14-8(17)13-5-9(10,11)12/h6H,2-5H2,1H3,(H2,13,14,17). The summed E-state index contributed by atoms with van der Waals surface area (Å²) in [4.78, 5) is 23.7. The number of amides is 3. The Morgan fingerprint density at radius 1 is 1.53 bits per heavy atom. The smallest absolute Gasteiger partial charge is 0.344 e. The number of halogens is 3. The molecule has 98 valence electrons. The molecule has 0 aromatic carbocycles. The quantitative estimate of drug-likeness (QED) is 0.751. The summed E-state index contributed by atoms with van der Waals surface area (Å²) < 4.78 is 35.4. The molecule has 8 heteroatoms. The van der Waals surface area contributed by atoms with Crippen LogP contribution in [0.25, 0.3) is 0 Å². The van der Waals surface area contributed by atoms with Crippen LogP contribution >= 0.6 is 0 Å². The first-order valence-corrected chi connectivity index (χ1v) is 5.13. The fraction of sp³-hybridized carbons (Fsp3) is 0.778. The second-order valence-electron chi connectivity index (χ2n) is 3.95. The predicted molar refractivity (Wildman–Crippen MR) is 53.2 cm³/mol. The molecule has 1 aliphatic rings. The lowest BCUT2D eigenvalue weighted by Gasteiger charge is -2.30. The summed E-state index contributed by atoms with van der Waals surface area (Å²) in [6, 6.07) is -1.17. The van der Waals surface area contributed by atoms with Gasteiger partial charge in [-0.3, -0.25) is 4.79 Å². The van der Waals surface area contributed by atoms with Gasteiger partial charge in [-0.05, 0) is 6.42 Å². The maximum Gasteiger partial charge on any atom is 0.405 e. The number of urea groups is 1. The minimum absolute atomic E-state index is 0.0289. The molecule has 0 radical (unpaired) electrons. The van der Waals surface area contributed by atoms with E-state index in [1.165, 1.54) is 4.90 Å². The lowest BCUT2D eigenvalue weighted by Crippen LogP contribution is -2.52. The maximum atomic E-state index is 11.8. The van der Waals surface area contributed by atoms with Gasteiger partial charge in [0.05, 0.1) is 0 Å². The number of alkyl halides is 3. The first-order chi connectivity index (χ1) is 7.78. The third-order valence-corrected chi connectivity index (χ3v) is 2.41. The number of hydrogen-bond acceptors (Lipinski definition) is 2. The van der Waals surface area contributed by atoms with E-state index in [2.05, 4.69) is 5.32 Å². The van der Waals surface area contributed by atoms with Crippen LogP contribution in [-0.4, -0.2) is 49.2 Å². The molecule has 1 saturated heterocycles. The molecule has 1 fully saturated rings. The van der Waals surface area contributed by atoms with Crippen LogP contribution in [0.4, 0.5) is 18.0 Å². The Bertz CT molecular complexity index is 306. The van der Waals surface area contributed by atoms with Crippen LogP contribution in [0.15, 0.2) is 0 Å².